The van der Waals surface area contributed by atoms with Gasteiger partial charge < -0.3 is 25.0 Å². The Hall–Kier alpha value is -2.35. The largest absolute Gasteiger partial charge is 0.483 e. The van der Waals surface area contributed by atoms with Crippen molar-refractivity contribution in [3.8, 4) is 0 Å². The number of hydrogen-bond donors (Lipinski definition) is 3. The van der Waals surface area contributed by atoms with Gasteiger partial charge in [0.25, 0.3) is 6.47 Å². The van der Waals surface area contributed by atoms with Crippen molar-refractivity contribution in [2.75, 3.05) is 31.5 Å². The summed E-state index contributed by atoms with van der Waals surface area (Å²) in [5.41, 5.74) is 0.843. The summed E-state index contributed by atoms with van der Waals surface area (Å²) in [4.78, 5) is 38.3. The van der Waals surface area contributed by atoms with Gasteiger partial charge >= 0.3 is 5.97 Å². The van der Waals surface area contributed by atoms with Crippen molar-refractivity contribution in [2.24, 2.45) is 5.92 Å². The van der Waals surface area contributed by atoms with Crippen LogP contribution in [0, 0.1) is 5.92 Å². The van der Waals surface area contributed by atoms with E-state index in [9.17, 15) is 9.59 Å². The zero-order chi connectivity index (χ0) is 44.0. The summed E-state index contributed by atoms with van der Waals surface area (Å²) in [6.07, 6.45) is 46.3. The molecule has 0 bridgehead atoms. The van der Waals surface area contributed by atoms with E-state index in [0.29, 0.717) is 6.42 Å². The molecule has 1 unspecified atom stereocenters. The van der Waals surface area contributed by atoms with Gasteiger partial charge in [0.15, 0.2) is 0 Å². The Morgan fingerprint density at radius 2 is 1.05 bits per heavy atom. The third-order valence-corrected chi connectivity index (χ3v) is 12.3. The standard InChI is InChI=1S/C51H97N3O3.CH2O2/c1-5-9-12-15-20-27-35-47(8-4)36-28-21-18-25-32-43-54(45-34-41-52-48-40-42-53-50(55)46-48)44-33-26-19-24-31-39-51(56)57-49(37-29-22-16-13-10-6-2)38-30-23-17-14-11-7-3;2-1-3/h40,42,46-47,49H,5-39,41,43-45H2,1-4H3,(H2,52,53,55);1H,(H,2,3). The molecule has 1 heterocycles. The molecule has 0 saturated carbocycles. The van der Waals surface area contributed by atoms with Crippen molar-refractivity contribution < 1.29 is 19.4 Å². The minimum atomic E-state index is -0.250. The van der Waals surface area contributed by atoms with Gasteiger partial charge in [0.05, 0.1) is 0 Å². The second-order valence-electron chi connectivity index (χ2n) is 17.8. The molecule has 1 aromatic rings. The predicted octanol–water partition coefficient (Wildman–Crippen LogP) is 15.1. The fraction of sp³-hybridized carbons (Fsp3) is 0.865. The lowest BCUT2D eigenvalue weighted by Crippen LogP contribution is -2.28. The number of esters is 1. The molecule has 352 valence electrons. The van der Waals surface area contributed by atoms with Crippen LogP contribution >= 0.6 is 0 Å². The SMILES string of the molecule is CCCCCCCCC(CC)CCCCCCCN(CCCCCCCC(=O)OC(CCCCCCCC)CCCCCCCC)CCCNc1cc[nH]c(=O)c1.O=CO. The lowest BCUT2D eigenvalue weighted by molar-refractivity contribution is -0.150. The number of rotatable bonds is 44. The molecule has 1 aromatic heterocycles. The average Bonchev–Trinajstić information content (AvgIpc) is 3.24. The van der Waals surface area contributed by atoms with Gasteiger partial charge in [-0.2, -0.15) is 0 Å². The molecule has 0 aliphatic rings. The van der Waals surface area contributed by atoms with Crippen LogP contribution in [0.2, 0.25) is 0 Å². The molecule has 0 amide bonds. The van der Waals surface area contributed by atoms with Crippen molar-refractivity contribution in [3.63, 3.8) is 0 Å². The van der Waals surface area contributed by atoms with E-state index in [1.807, 2.05) is 6.07 Å². The van der Waals surface area contributed by atoms with E-state index in [0.717, 1.165) is 63.3 Å². The normalized spacial score (nSPS) is 11.8. The summed E-state index contributed by atoms with van der Waals surface area (Å²) in [6, 6.07) is 3.57. The highest BCUT2D eigenvalue weighted by Crippen LogP contribution is 2.22. The molecule has 0 fully saturated rings. The number of ether oxygens (including phenoxy) is 1. The maximum absolute atomic E-state index is 12.9. The highest BCUT2D eigenvalue weighted by Gasteiger charge is 2.14. The van der Waals surface area contributed by atoms with E-state index in [1.165, 1.54) is 193 Å². The Kier molecular flexibility index (Phi) is 44.4. The van der Waals surface area contributed by atoms with E-state index in [1.54, 1.807) is 12.3 Å². The predicted molar refractivity (Wildman–Crippen MR) is 258 cm³/mol. The van der Waals surface area contributed by atoms with Crippen LogP contribution in [0.25, 0.3) is 0 Å². The summed E-state index contributed by atoms with van der Waals surface area (Å²) in [7, 11) is 0. The topological polar surface area (TPSA) is 112 Å². The van der Waals surface area contributed by atoms with Gasteiger partial charge in [-0.15, -0.1) is 0 Å². The number of H-pyrrole nitrogens is 1. The first-order chi connectivity index (χ1) is 29.4. The van der Waals surface area contributed by atoms with Crippen LogP contribution in [0.5, 0.6) is 0 Å². The summed E-state index contributed by atoms with van der Waals surface area (Å²) < 4.78 is 6.09. The van der Waals surface area contributed by atoms with Gasteiger partial charge in [-0.05, 0) is 83.0 Å². The number of anilines is 1. The average molecular weight is 846 g/mol. The van der Waals surface area contributed by atoms with Crippen molar-refractivity contribution in [1.29, 1.82) is 0 Å². The number of carbonyl (C=O) groups excluding carboxylic acids is 1. The van der Waals surface area contributed by atoms with Crippen molar-refractivity contribution in [3.05, 3.63) is 28.7 Å². The fourth-order valence-corrected chi connectivity index (χ4v) is 8.44. The lowest BCUT2D eigenvalue weighted by Gasteiger charge is -2.22. The third-order valence-electron chi connectivity index (χ3n) is 12.3. The Balaban J connectivity index is 0.0000112. The molecular formula is C52H99N3O5. The number of aromatic amines is 1. The van der Waals surface area contributed by atoms with Crippen LogP contribution in [0.3, 0.4) is 0 Å². The maximum Gasteiger partial charge on any atom is 0.306 e. The van der Waals surface area contributed by atoms with E-state index in [4.69, 9.17) is 14.6 Å². The minimum Gasteiger partial charge on any atom is -0.483 e. The van der Waals surface area contributed by atoms with E-state index >= 15 is 0 Å². The zero-order valence-electron chi connectivity index (χ0n) is 40.1. The number of carboxylic acid groups (broad SMARTS) is 1. The fourth-order valence-electron chi connectivity index (χ4n) is 8.44. The summed E-state index contributed by atoms with van der Waals surface area (Å²) in [5, 5.41) is 10.3. The molecule has 0 aromatic carbocycles. The number of nitrogens with zero attached hydrogens (tertiary/aromatic N) is 1. The molecule has 8 heteroatoms. The Morgan fingerprint density at radius 1 is 0.633 bits per heavy atom. The van der Waals surface area contributed by atoms with Gasteiger partial charge in [0.2, 0.25) is 5.56 Å². The lowest BCUT2D eigenvalue weighted by atomic mass is 9.92. The van der Waals surface area contributed by atoms with Crippen LogP contribution in [0.1, 0.15) is 252 Å². The van der Waals surface area contributed by atoms with Crippen molar-refractivity contribution in [1.82, 2.24) is 9.88 Å². The smallest absolute Gasteiger partial charge is 0.306 e. The monoisotopic (exact) mass is 846 g/mol. The summed E-state index contributed by atoms with van der Waals surface area (Å²) in [6.45, 7) is 13.3. The van der Waals surface area contributed by atoms with Gasteiger partial charge in [-0.25, -0.2) is 0 Å². The summed E-state index contributed by atoms with van der Waals surface area (Å²) in [5.74, 6) is 0.977. The molecule has 0 aliphatic heterocycles. The number of pyridine rings is 1. The number of unbranched alkanes of at least 4 members (excludes halogenated alkanes) is 23. The minimum absolute atomic E-state index is 0.0372. The first-order valence-corrected chi connectivity index (χ1v) is 25.9. The van der Waals surface area contributed by atoms with E-state index in [-0.39, 0.29) is 24.1 Å². The highest BCUT2D eigenvalue weighted by molar-refractivity contribution is 5.69. The van der Waals surface area contributed by atoms with Crippen LogP contribution < -0.4 is 10.9 Å². The van der Waals surface area contributed by atoms with Gasteiger partial charge in [0, 0.05) is 30.9 Å². The molecule has 3 N–H and O–H groups in total. The third kappa shape index (κ3) is 39.8. The molecule has 1 rings (SSSR count). The number of nitrogens with one attached hydrogen (secondary N) is 2. The molecule has 0 aliphatic carbocycles. The van der Waals surface area contributed by atoms with Gasteiger partial charge in [-0.1, -0.05) is 195 Å². The number of carbonyl (C=O) groups is 2. The summed E-state index contributed by atoms with van der Waals surface area (Å²) >= 11 is 0. The first-order valence-electron chi connectivity index (χ1n) is 25.9. The quantitative estimate of drug-likeness (QED) is 0.0341. The van der Waals surface area contributed by atoms with Gasteiger partial charge in [0.1, 0.15) is 6.10 Å². The van der Waals surface area contributed by atoms with Crippen molar-refractivity contribution in [2.45, 2.75) is 259 Å². The molecule has 1 atom stereocenters. The molecule has 8 nitrogen and oxygen atoms in total. The molecular weight excluding hydrogens is 747 g/mol. The van der Waals surface area contributed by atoms with Crippen LogP contribution in [-0.2, 0) is 14.3 Å². The zero-order valence-corrected chi connectivity index (χ0v) is 40.1. The first kappa shape index (κ1) is 57.6. The Bertz CT molecular complexity index is 1080. The molecule has 0 saturated heterocycles. The number of aromatic nitrogens is 1. The van der Waals surface area contributed by atoms with Crippen LogP contribution in [0.4, 0.5) is 5.69 Å². The Morgan fingerprint density at radius 3 is 1.52 bits per heavy atom. The Labute approximate surface area is 371 Å². The van der Waals surface area contributed by atoms with Crippen LogP contribution in [-0.4, -0.2) is 59.7 Å². The second-order valence-corrected chi connectivity index (χ2v) is 17.8. The van der Waals surface area contributed by atoms with Gasteiger partial charge in [-0.3, -0.25) is 14.4 Å². The van der Waals surface area contributed by atoms with E-state index in [2.05, 4.69) is 42.9 Å². The van der Waals surface area contributed by atoms with Crippen molar-refractivity contribution >= 4 is 18.1 Å². The highest BCUT2D eigenvalue weighted by atomic mass is 16.5. The molecule has 0 radical (unpaired) electrons. The maximum atomic E-state index is 12.9. The molecule has 0 spiro atoms. The molecule has 60 heavy (non-hydrogen) atoms. The van der Waals surface area contributed by atoms with E-state index < -0.39 is 0 Å². The van der Waals surface area contributed by atoms with Crippen LogP contribution in [0.15, 0.2) is 23.1 Å². The second kappa shape index (κ2) is 46.2. The number of hydrogen-bond acceptors (Lipinski definition) is 6.